The van der Waals surface area contributed by atoms with Crippen molar-refractivity contribution in [2.45, 2.75) is 70.4 Å². The maximum atomic E-state index is 8.22. The van der Waals surface area contributed by atoms with Gasteiger partial charge in [-0.2, -0.15) is 0 Å². The third-order valence-corrected chi connectivity index (χ3v) is 17.9. The minimum Gasteiger partial charge on any atom is -0.330 e. The third-order valence-electron chi connectivity index (χ3n) is 10.4. The molecule has 0 radical (unpaired) electrons. The van der Waals surface area contributed by atoms with Crippen molar-refractivity contribution in [3.63, 3.8) is 0 Å². The first-order valence-electron chi connectivity index (χ1n) is 19.6. The van der Waals surface area contributed by atoms with Gasteiger partial charge in [0.05, 0.1) is 0 Å². The number of benzene rings is 5. The first-order valence-corrected chi connectivity index (χ1v) is 22.9. The Morgan fingerprint density at radius 1 is 0.611 bits per heavy atom. The zero-order valence-electron chi connectivity index (χ0n) is 31.3. The largest absolute Gasteiger partial charge is 0.330 e. The third kappa shape index (κ3) is 10.1. The average molecular weight is 760 g/mol. The molecule has 5 aromatic carbocycles. The van der Waals surface area contributed by atoms with Gasteiger partial charge in [0.1, 0.15) is 5.75 Å². The van der Waals surface area contributed by atoms with Gasteiger partial charge < -0.3 is 11.1 Å². The normalized spacial score (nSPS) is 15.7. The number of nitrogens with two attached hydrogens (primary N) is 1. The summed E-state index contributed by atoms with van der Waals surface area (Å²) >= 11 is 8.22. The van der Waals surface area contributed by atoms with Crippen LogP contribution in [0.25, 0.3) is 0 Å². The maximum absolute atomic E-state index is 8.22. The standard InChI is InChI=1S/C46H55ClN5OP/c47-54(41-24-14-9-15-25-41,42-26-16-10-17-27-42,43-28-18-11-19-29-43)37-21-7-5-3-1-2-4-6-20-36-53-40-32-30-39(31-33-40)44-50-45(48)52-46(51-44)49-35-34-38-22-12-8-13-23-38/h8-19,22-33,44H,1-7,20-21,34-37H2,(H4,48,49,50,51,52). The predicted octanol–water partition coefficient (Wildman–Crippen LogP) is 9.36. The van der Waals surface area contributed by atoms with E-state index in [9.17, 15) is 0 Å². The first kappa shape index (κ1) is 39.1. The molecule has 1 aliphatic heterocycles. The van der Waals surface area contributed by atoms with Crippen molar-refractivity contribution in [2.24, 2.45) is 15.7 Å². The van der Waals surface area contributed by atoms with E-state index in [1.165, 1.54) is 66.4 Å². The molecule has 0 aliphatic carbocycles. The van der Waals surface area contributed by atoms with Crippen LogP contribution in [0, 0.1) is 0 Å². The van der Waals surface area contributed by atoms with Crippen LogP contribution < -0.4 is 37.0 Å². The Morgan fingerprint density at radius 2 is 1.09 bits per heavy atom. The van der Waals surface area contributed by atoms with Crippen LogP contribution in [0.1, 0.15) is 75.1 Å². The molecular formula is C46H55ClN5OP. The summed E-state index contributed by atoms with van der Waals surface area (Å²) in [5, 5.41) is 10.2. The van der Waals surface area contributed by atoms with Crippen molar-refractivity contribution < 1.29 is 4.74 Å². The minimum absolute atomic E-state index is 0.291. The Balaban J connectivity index is 0.877. The van der Waals surface area contributed by atoms with Crippen LogP contribution in [0.2, 0.25) is 0 Å². The van der Waals surface area contributed by atoms with Crippen molar-refractivity contribution in [1.29, 1.82) is 0 Å². The molecule has 0 bridgehead atoms. The van der Waals surface area contributed by atoms with Crippen molar-refractivity contribution in [3.05, 3.63) is 157 Å². The van der Waals surface area contributed by atoms with Gasteiger partial charge in [0, 0.05) is 6.54 Å². The topological polar surface area (TPSA) is 84.0 Å². The van der Waals surface area contributed by atoms with Crippen LogP contribution in [0.4, 0.5) is 0 Å². The monoisotopic (exact) mass is 759 g/mol. The first-order chi connectivity index (χ1) is 26.5. The number of guanidine groups is 2. The quantitative estimate of drug-likeness (QED) is 0.0546. The zero-order valence-corrected chi connectivity index (χ0v) is 33.0. The SMILES string of the molecule is NC1=NC(c2ccc(OCCCCCCCCCCCP(Cl)(c3ccccc3)(c3ccccc3)c3ccccc3)cc2)NC(=NCCc2ccccc2)N1. The number of unbranched alkanes of at least 4 members (excludes halogenated alkanes) is 8. The fourth-order valence-corrected chi connectivity index (χ4v) is 13.7. The Labute approximate surface area is 327 Å². The number of rotatable bonds is 20. The molecule has 282 valence electrons. The van der Waals surface area contributed by atoms with Crippen LogP contribution in [0.15, 0.2) is 156 Å². The van der Waals surface area contributed by atoms with Crippen molar-refractivity contribution in [3.8, 4) is 5.75 Å². The van der Waals surface area contributed by atoms with Crippen LogP contribution in [-0.2, 0) is 6.42 Å². The molecule has 6 rings (SSSR count). The van der Waals surface area contributed by atoms with E-state index in [1.54, 1.807) is 0 Å². The van der Waals surface area contributed by atoms with Gasteiger partial charge in [0.15, 0.2) is 18.1 Å². The van der Waals surface area contributed by atoms with Gasteiger partial charge in [-0.25, -0.2) is 4.99 Å². The molecule has 5 aromatic rings. The summed E-state index contributed by atoms with van der Waals surface area (Å²) in [6, 6.07) is 51.0. The molecule has 6 nitrogen and oxygen atoms in total. The van der Waals surface area contributed by atoms with Crippen LogP contribution in [0.3, 0.4) is 0 Å². The number of hydrogen-bond acceptors (Lipinski definition) is 4. The van der Waals surface area contributed by atoms with Crippen molar-refractivity contribution >= 4 is 45.0 Å². The molecule has 0 saturated carbocycles. The van der Waals surface area contributed by atoms with Gasteiger partial charge >= 0.3 is 199 Å². The minimum atomic E-state index is -3.15. The molecule has 8 heteroatoms. The van der Waals surface area contributed by atoms with Gasteiger partial charge in [-0.15, -0.1) is 0 Å². The second kappa shape index (κ2) is 19.6. The van der Waals surface area contributed by atoms with E-state index in [-0.39, 0.29) is 6.17 Å². The van der Waals surface area contributed by atoms with E-state index < -0.39 is 5.96 Å². The number of nitrogens with zero attached hydrogens (tertiary/aromatic N) is 2. The van der Waals surface area contributed by atoms with Crippen molar-refractivity contribution in [2.75, 3.05) is 19.3 Å². The smallest absolute Gasteiger partial charge is 0.200 e. The van der Waals surface area contributed by atoms with Gasteiger partial charge in [0.25, 0.3) is 0 Å². The van der Waals surface area contributed by atoms with E-state index in [2.05, 4.69) is 124 Å². The molecular weight excluding hydrogens is 705 g/mol. The second-order valence-corrected chi connectivity index (χ2v) is 20.8. The van der Waals surface area contributed by atoms with Gasteiger partial charge in [-0.3, -0.25) is 10.3 Å². The van der Waals surface area contributed by atoms with Gasteiger partial charge in [-0.1, -0.05) is 42.5 Å². The molecule has 1 unspecified atom stereocenters. The molecule has 0 aromatic heterocycles. The molecule has 0 amide bonds. The summed E-state index contributed by atoms with van der Waals surface area (Å²) in [6.07, 6.45) is 12.4. The second-order valence-electron chi connectivity index (χ2n) is 14.2. The summed E-state index contributed by atoms with van der Waals surface area (Å²) in [5.74, 6) is -1.27. The summed E-state index contributed by atoms with van der Waals surface area (Å²) in [6.45, 7) is 1.38. The summed E-state index contributed by atoms with van der Waals surface area (Å²) in [5.41, 5.74) is 8.34. The molecule has 1 heterocycles. The van der Waals surface area contributed by atoms with E-state index in [1.807, 2.05) is 42.5 Å². The van der Waals surface area contributed by atoms with Gasteiger partial charge in [0.2, 0.25) is 0 Å². The fraction of sp³-hybridized carbons (Fsp3) is 0.304. The van der Waals surface area contributed by atoms with Crippen molar-refractivity contribution in [1.82, 2.24) is 10.6 Å². The van der Waals surface area contributed by atoms with E-state index in [0.717, 1.165) is 43.3 Å². The molecule has 1 aliphatic rings. The number of aliphatic imine (C=N–C) groups is 2. The molecule has 0 spiro atoms. The average Bonchev–Trinajstić information content (AvgIpc) is 3.22. The Hall–Kier alpha value is -4.64. The zero-order chi connectivity index (χ0) is 37.3. The summed E-state index contributed by atoms with van der Waals surface area (Å²) in [7, 11) is 0. The Kier molecular flexibility index (Phi) is 14.2. The molecule has 1 atom stereocenters. The number of ether oxygens (including phenoxy) is 1. The Morgan fingerprint density at radius 3 is 1.63 bits per heavy atom. The fourth-order valence-electron chi connectivity index (χ4n) is 7.41. The molecule has 4 N–H and O–H groups in total. The number of halogens is 1. The van der Waals surface area contributed by atoms with E-state index in [0.29, 0.717) is 18.5 Å². The van der Waals surface area contributed by atoms with Crippen LogP contribution >= 0.6 is 17.2 Å². The number of nitrogens with one attached hydrogen (secondary N) is 2. The summed E-state index contributed by atoms with van der Waals surface area (Å²) in [4.78, 5) is 9.18. The van der Waals surface area contributed by atoms with E-state index >= 15 is 0 Å². The van der Waals surface area contributed by atoms with Crippen LogP contribution in [-0.4, -0.2) is 31.2 Å². The molecule has 0 saturated heterocycles. The molecule has 0 fully saturated rings. The Bertz CT molecular complexity index is 1810. The van der Waals surface area contributed by atoms with Crippen LogP contribution in [0.5, 0.6) is 5.75 Å². The number of hydrogen-bond donors (Lipinski definition) is 3. The van der Waals surface area contributed by atoms with E-state index in [4.69, 9.17) is 21.7 Å². The van der Waals surface area contributed by atoms with Gasteiger partial charge in [-0.05, 0) is 29.7 Å². The predicted molar refractivity (Wildman–Crippen MR) is 232 cm³/mol. The maximum Gasteiger partial charge on any atom is 0.200 e. The molecule has 54 heavy (non-hydrogen) atoms. The summed E-state index contributed by atoms with van der Waals surface area (Å²) < 4.78 is 6.06.